The highest BCUT2D eigenvalue weighted by atomic mass is 16.6. The van der Waals surface area contributed by atoms with Crippen molar-refractivity contribution in [3.8, 4) is 0 Å². The molecule has 0 spiro atoms. The standard InChI is InChI=1S/C9H19NO.C8H15NO.C8H17NO.C7H11NO2.3C7H13NO.C7H15N.C6H11NO2/c1-9(2)6-4-8(5-7-11)10(9)3;1-8(2)5-4-7(10)9(3)6-8;1-8(2)5-4-7(6-10)9(8)3;1-7(2)4-5(9)8(3)6(7)10;1-7(2)4-6(9)8(3)5-7;1-7(2)4-5-8(3)6(7)9;1-7(2)5-4-6(9)8(7)3;1-7(2)4-5-8(3)6-7;1-6(2)4-9-5(8)7(6)3/h8,11H,4-7H2,1-3H3;4-6H2,1-3H3;7,10H,4-6H2,1-3H3;4H2,1-3H3;3*4-5H2,1-3H3;4-6H2,1-3H3;4H2,1-3H3. The van der Waals surface area contributed by atoms with Crippen LogP contribution in [0.5, 0.6) is 0 Å². The summed E-state index contributed by atoms with van der Waals surface area (Å²) in [6.07, 6.45) is 12.5. The highest BCUT2D eigenvalue weighted by Crippen LogP contribution is 2.35. The molecule has 19 heteroatoms. The van der Waals surface area contributed by atoms with Crippen LogP contribution in [-0.4, -0.2) is 246 Å². The molecular weight excluding hydrogens is 1080 g/mol. The van der Waals surface area contributed by atoms with E-state index >= 15 is 0 Å². The van der Waals surface area contributed by atoms with Crippen molar-refractivity contribution in [1.29, 1.82) is 0 Å². The smallest absolute Gasteiger partial charge is 0.410 e. The molecule has 0 radical (unpaired) electrons. The van der Waals surface area contributed by atoms with Crippen LogP contribution in [0.2, 0.25) is 0 Å². The summed E-state index contributed by atoms with van der Waals surface area (Å²) in [7, 11) is 17.2. The lowest BCUT2D eigenvalue weighted by Crippen LogP contribution is -2.41. The van der Waals surface area contributed by atoms with Gasteiger partial charge in [-0.05, 0) is 157 Å². The molecule has 9 aliphatic rings. The Bertz CT molecular complexity index is 2170. The second-order valence-electron chi connectivity index (χ2n) is 32.0. The Kier molecular flexibility index (Phi) is 29.3. The Morgan fingerprint density at radius 3 is 1.09 bits per heavy atom. The molecule has 0 aromatic carbocycles. The molecule has 9 fully saturated rings. The fraction of sp³-hybridized carbons (Fsp3) is 0.894. The van der Waals surface area contributed by atoms with Crippen LogP contribution in [-0.2, 0) is 33.5 Å². The number of carbonyl (C=O) groups excluding carboxylic acids is 7. The molecule has 0 aliphatic carbocycles. The third-order valence-electron chi connectivity index (χ3n) is 19.4. The molecule has 496 valence electrons. The lowest BCUT2D eigenvalue weighted by Gasteiger charge is -2.35. The SMILES string of the molecule is CN1C(=O)CC(C)(C)C1=O.CN1C(=O)CCC1(C)C.CN1C(=O)OCC1(C)C.CN1C(CCO)CCC1(C)C.CN1C(CO)CCC1(C)C.CN1CC(C)(C)CC1=O.CN1CC(C)(C)CCC1=O.CN1CCC(C)(C)C1.CN1CCC(C)(C)C1=O. The fourth-order valence-electron chi connectivity index (χ4n) is 11.7. The van der Waals surface area contributed by atoms with Gasteiger partial charge in [-0.25, -0.2) is 4.79 Å². The van der Waals surface area contributed by atoms with Crippen molar-refractivity contribution >= 4 is 41.5 Å². The zero-order chi connectivity index (χ0) is 66.4. The van der Waals surface area contributed by atoms with Gasteiger partial charge in [0.1, 0.15) is 6.61 Å². The van der Waals surface area contributed by atoms with Gasteiger partial charge in [-0.3, -0.25) is 43.5 Å². The zero-order valence-electron chi connectivity index (χ0n) is 59.2. The lowest BCUT2D eigenvalue weighted by atomic mass is 9.84. The summed E-state index contributed by atoms with van der Waals surface area (Å²) in [5.74, 6) is 0.981. The van der Waals surface area contributed by atoms with Gasteiger partial charge in [0.15, 0.2) is 0 Å². The summed E-state index contributed by atoms with van der Waals surface area (Å²) in [4.78, 5) is 93.8. The number of piperidine rings is 1. The quantitative estimate of drug-likeness (QED) is 0.255. The monoisotopic (exact) mass is 1210 g/mol. The van der Waals surface area contributed by atoms with Crippen LogP contribution >= 0.6 is 0 Å². The first-order valence-electron chi connectivity index (χ1n) is 31.4. The minimum Gasteiger partial charge on any atom is -0.447 e. The molecule has 9 aliphatic heterocycles. The predicted octanol–water partition coefficient (Wildman–Crippen LogP) is 8.72. The molecule has 0 aromatic rings. The minimum absolute atomic E-state index is 0.0718. The number of aliphatic hydroxyl groups is 2. The molecule has 9 rings (SSSR count). The molecule has 2 N–H and O–H groups in total. The number of likely N-dealkylation sites (tertiary alicyclic amines) is 8. The average molecular weight is 1210 g/mol. The van der Waals surface area contributed by atoms with Crippen LogP contribution in [0.15, 0.2) is 0 Å². The number of likely N-dealkylation sites (N-methyl/N-ethyl adjacent to an activating group) is 2. The molecule has 0 bridgehead atoms. The Morgan fingerprint density at radius 1 is 0.435 bits per heavy atom. The number of hydrogen-bond donors (Lipinski definition) is 2. The number of aliphatic hydroxyl groups excluding tert-OH is 2. The van der Waals surface area contributed by atoms with E-state index in [-0.39, 0.29) is 57.5 Å². The number of nitrogens with zero attached hydrogens (tertiary/aromatic N) is 9. The Balaban J connectivity index is 0.000000479. The number of carbonyl (C=O) groups is 7. The van der Waals surface area contributed by atoms with Crippen molar-refractivity contribution in [2.75, 3.05) is 116 Å². The van der Waals surface area contributed by atoms with Crippen molar-refractivity contribution in [3.05, 3.63) is 0 Å². The maximum absolute atomic E-state index is 11.2. The maximum atomic E-state index is 11.2. The van der Waals surface area contributed by atoms with Gasteiger partial charge in [0.2, 0.25) is 35.4 Å². The van der Waals surface area contributed by atoms with Gasteiger partial charge in [0.25, 0.3) is 0 Å². The summed E-state index contributed by atoms with van der Waals surface area (Å²) in [5, 5.41) is 17.7. The lowest BCUT2D eigenvalue weighted by molar-refractivity contribution is -0.139. The molecule has 9 saturated heterocycles. The van der Waals surface area contributed by atoms with Crippen LogP contribution in [0.1, 0.15) is 208 Å². The van der Waals surface area contributed by atoms with E-state index in [0.29, 0.717) is 72.6 Å². The Morgan fingerprint density at radius 2 is 0.918 bits per heavy atom. The van der Waals surface area contributed by atoms with Gasteiger partial charge in [-0.2, -0.15) is 0 Å². The van der Waals surface area contributed by atoms with Crippen molar-refractivity contribution < 1.29 is 48.5 Å². The largest absolute Gasteiger partial charge is 0.447 e. The van der Waals surface area contributed by atoms with Crippen LogP contribution in [0.25, 0.3) is 0 Å². The molecule has 0 aromatic heterocycles. The van der Waals surface area contributed by atoms with E-state index in [0.717, 1.165) is 64.6 Å². The maximum Gasteiger partial charge on any atom is 0.410 e. The molecule has 19 nitrogen and oxygen atoms in total. The highest BCUT2D eigenvalue weighted by Gasteiger charge is 2.43. The number of imide groups is 1. The molecule has 2 atom stereocenters. The highest BCUT2D eigenvalue weighted by molar-refractivity contribution is 6.05. The van der Waals surface area contributed by atoms with E-state index in [1.807, 2.05) is 65.7 Å². The first kappa shape index (κ1) is 79.1. The van der Waals surface area contributed by atoms with E-state index < -0.39 is 5.41 Å². The summed E-state index contributed by atoms with van der Waals surface area (Å²) >= 11 is 0. The zero-order valence-corrected chi connectivity index (χ0v) is 59.2. The van der Waals surface area contributed by atoms with Gasteiger partial charge >= 0.3 is 6.09 Å². The van der Waals surface area contributed by atoms with Crippen molar-refractivity contribution in [2.24, 2.45) is 27.1 Å². The first-order chi connectivity index (χ1) is 38.3. The number of amides is 7. The number of cyclic esters (lactones) is 1. The summed E-state index contributed by atoms with van der Waals surface area (Å²) in [6, 6.07) is 1.00. The third-order valence-corrected chi connectivity index (χ3v) is 19.4. The molecule has 7 amide bonds. The van der Waals surface area contributed by atoms with Crippen LogP contribution in [0, 0.1) is 27.1 Å². The van der Waals surface area contributed by atoms with E-state index in [2.05, 4.69) is 119 Å². The van der Waals surface area contributed by atoms with E-state index in [9.17, 15) is 33.6 Å². The van der Waals surface area contributed by atoms with E-state index in [1.165, 1.54) is 50.7 Å². The Labute approximate surface area is 517 Å². The number of hydrogen-bond acceptors (Lipinski definition) is 13. The van der Waals surface area contributed by atoms with Crippen LogP contribution in [0.3, 0.4) is 0 Å². The summed E-state index contributed by atoms with van der Waals surface area (Å²) in [5.41, 5.74) is 1.23. The first-order valence-corrected chi connectivity index (χ1v) is 31.4. The summed E-state index contributed by atoms with van der Waals surface area (Å²) < 4.78 is 4.77. The number of ether oxygens (including phenoxy) is 1. The van der Waals surface area contributed by atoms with Gasteiger partial charge in [-0.1, -0.05) is 69.2 Å². The van der Waals surface area contributed by atoms with E-state index in [4.69, 9.17) is 14.9 Å². The normalized spacial score (nSPS) is 27.0. The van der Waals surface area contributed by atoms with Gasteiger partial charge in [0, 0.05) is 135 Å². The topological polar surface area (TPSA) is 198 Å². The van der Waals surface area contributed by atoms with Gasteiger partial charge in [-0.15, -0.1) is 0 Å². The summed E-state index contributed by atoms with van der Waals surface area (Å²) in [6.45, 7) is 44.4. The minimum atomic E-state index is -0.466. The molecule has 2 unspecified atom stereocenters. The van der Waals surface area contributed by atoms with Crippen molar-refractivity contribution in [1.82, 2.24) is 44.1 Å². The molecule has 9 heterocycles. The third kappa shape index (κ3) is 24.9. The number of rotatable bonds is 3. The Hall–Kier alpha value is -3.91. The predicted molar refractivity (Wildman–Crippen MR) is 343 cm³/mol. The van der Waals surface area contributed by atoms with Crippen LogP contribution < -0.4 is 0 Å². The van der Waals surface area contributed by atoms with Gasteiger partial charge < -0.3 is 44.3 Å². The van der Waals surface area contributed by atoms with Gasteiger partial charge in [0.05, 0.1) is 17.6 Å². The second kappa shape index (κ2) is 31.5. The average Bonchev–Trinajstić information content (AvgIpc) is 4.45. The van der Waals surface area contributed by atoms with E-state index in [1.54, 1.807) is 35.6 Å². The van der Waals surface area contributed by atoms with Crippen molar-refractivity contribution in [3.63, 3.8) is 0 Å². The molecule has 0 saturated carbocycles. The molecular formula is C66H127N9O10. The van der Waals surface area contributed by atoms with Crippen LogP contribution in [0.4, 0.5) is 4.79 Å². The fourth-order valence-corrected chi connectivity index (χ4v) is 11.7. The van der Waals surface area contributed by atoms with Crippen molar-refractivity contribution in [2.45, 2.75) is 242 Å². The molecule has 85 heavy (non-hydrogen) atoms. The second-order valence-corrected chi connectivity index (χ2v) is 32.0.